The Balaban J connectivity index is 1.85. The number of hydrogen-bond acceptors (Lipinski definition) is 5. The molecule has 3 rings (SSSR count). The second-order valence-electron chi connectivity index (χ2n) is 6.54. The molecule has 0 fully saturated rings. The molecule has 144 valence electrons. The van der Waals surface area contributed by atoms with Crippen LogP contribution in [0.5, 0.6) is 5.06 Å². The lowest BCUT2D eigenvalue weighted by molar-refractivity contribution is -0.131. The standard InChI is InChI=1S/C20H21ClFNO3S/c1-13(24)26-19-11-15-12-23(9-7-18(15)27-19)20(17(25)6-3-8-21)14-4-2-5-16(22)10-14/h2,4-5,10-11,20H,3,6-9,12H2,1H3/t20-/m0/s1. The Hall–Kier alpha value is -1.76. The number of alkyl halides is 1. The van der Waals surface area contributed by atoms with Gasteiger partial charge in [0.05, 0.1) is 6.04 Å². The van der Waals surface area contributed by atoms with Crippen molar-refractivity contribution in [1.82, 2.24) is 4.90 Å². The van der Waals surface area contributed by atoms with Gasteiger partial charge in [-0.25, -0.2) is 4.39 Å². The Labute approximate surface area is 166 Å². The molecule has 0 saturated heterocycles. The van der Waals surface area contributed by atoms with Crippen LogP contribution in [0.3, 0.4) is 0 Å². The number of esters is 1. The summed E-state index contributed by atoms with van der Waals surface area (Å²) in [4.78, 5) is 27.3. The Morgan fingerprint density at radius 3 is 2.89 bits per heavy atom. The minimum Gasteiger partial charge on any atom is -0.416 e. The van der Waals surface area contributed by atoms with Crippen molar-refractivity contribution in [1.29, 1.82) is 0 Å². The number of thiophene rings is 1. The van der Waals surface area contributed by atoms with Gasteiger partial charge in [-0.1, -0.05) is 12.1 Å². The number of Topliss-reactive ketones (excluding diaryl/α,β-unsaturated/α-hetero) is 1. The number of benzene rings is 1. The van der Waals surface area contributed by atoms with E-state index in [-0.39, 0.29) is 17.6 Å². The summed E-state index contributed by atoms with van der Waals surface area (Å²) in [5, 5.41) is 0.574. The summed E-state index contributed by atoms with van der Waals surface area (Å²) in [6.45, 7) is 2.61. The molecule has 1 atom stereocenters. The molecule has 1 aromatic heterocycles. The van der Waals surface area contributed by atoms with Gasteiger partial charge < -0.3 is 4.74 Å². The van der Waals surface area contributed by atoms with E-state index in [1.165, 1.54) is 30.4 Å². The van der Waals surface area contributed by atoms with E-state index in [9.17, 15) is 14.0 Å². The topological polar surface area (TPSA) is 46.6 Å². The number of hydrogen-bond donors (Lipinski definition) is 0. The van der Waals surface area contributed by atoms with Crippen molar-refractivity contribution >= 4 is 34.7 Å². The van der Waals surface area contributed by atoms with E-state index in [1.807, 2.05) is 6.07 Å². The summed E-state index contributed by atoms with van der Waals surface area (Å²) in [6, 6.07) is 7.58. The van der Waals surface area contributed by atoms with Gasteiger partial charge in [0, 0.05) is 37.2 Å². The van der Waals surface area contributed by atoms with Crippen LogP contribution in [0.15, 0.2) is 30.3 Å². The molecule has 2 heterocycles. The molecule has 0 radical (unpaired) electrons. The number of rotatable bonds is 7. The SMILES string of the molecule is CC(=O)Oc1cc2c(s1)CCN([C@H](C(=O)CCCCl)c1cccc(F)c1)C2. The van der Waals surface area contributed by atoms with Crippen LogP contribution in [0.2, 0.25) is 0 Å². The highest BCUT2D eigenvalue weighted by Gasteiger charge is 2.31. The Morgan fingerprint density at radius 1 is 1.37 bits per heavy atom. The molecule has 2 aromatic rings. The molecular formula is C20H21ClFNO3S. The highest BCUT2D eigenvalue weighted by atomic mass is 35.5. The zero-order chi connectivity index (χ0) is 19.4. The minimum absolute atomic E-state index is 0.0418. The Morgan fingerprint density at radius 2 is 2.19 bits per heavy atom. The van der Waals surface area contributed by atoms with Gasteiger partial charge in [0.1, 0.15) is 5.82 Å². The third kappa shape index (κ3) is 4.94. The largest absolute Gasteiger partial charge is 0.416 e. The van der Waals surface area contributed by atoms with E-state index in [0.29, 0.717) is 42.4 Å². The quantitative estimate of drug-likeness (QED) is 0.499. The average molecular weight is 410 g/mol. The van der Waals surface area contributed by atoms with E-state index < -0.39 is 6.04 Å². The van der Waals surface area contributed by atoms with Crippen molar-refractivity contribution in [3.63, 3.8) is 0 Å². The van der Waals surface area contributed by atoms with Crippen molar-refractivity contribution in [2.24, 2.45) is 0 Å². The van der Waals surface area contributed by atoms with E-state index in [2.05, 4.69) is 4.90 Å². The number of halogens is 2. The van der Waals surface area contributed by atoms with Crippen LogP contribution >= 0.6 is 22.9 Å². The summed E-state index contributed by atoms with van der Waals surface area (Å²) in [6.07, 6.45) is 1.71. The van der Waals surface area contributed by atoms with Gasteiger partial charge in [0.25, 0.3) is 0 Å². The molecule has 7 heteroatoms. The predicted molar refractivity (Wildman–Crippen MR) is 104 cm³/mol. The number of ketones is 1. The van der Waals surface area contributed by atoms with Crippen molar-refractivity contribution in [3.8, 4) is 5.06 Å². The van der Waals surface area contributed by atoms with Gasteiger partial charge in [-0.2, -0.15) is 0 Å². The van der Waals surface area contributed by atoms with Crippen LogP contribution in [0.4, 0.5) is 4.39 Å². The van der Waals surface area contributed by atoms with Crippen molar-refractivity contribution in [3.05, 3.63) is 52.2 Å². The molecule has 1 aliphatic rings. The first-order valence-electron chi connectivity index (χ1n) is 8.86. The third-order valence-corrected chi connectivity index (χ3v) is 5.89. The highest BCUT2D eigenvalue weighted by Crippen LogP contribution is 2.36. The monoisotopic (exact) mass is 409 g/mol. The van der Waals surface area contributed by atoms with Gasteiger partial charge in [-0.3, -0.25) is 14.5 Å². The van der Waals surface area contributed by atoms with Crippen molar-refractivity contribution < 1.29 is 18.7 Å². The van der Waals surface area contributed by atoms with Gasteiger partial charge in [-0.15, -0.1) is 22.9 Å². The van der Waals surface area contributed by atoms with Gasteiger partial charge >= 0.3 is 5.97 Å². The molecule has 0 spiro atoms. The summed E-state index contributed by atoms with van der Waals surface area (Å²) in [5.41, 5.74) is 1.71. The van der Waals surface area contributed by atoms with Crippen LogP contribution in [0, 0.1) is 5.82 Å². The summed E-state index contributed by atoms with van der Waals surface area (Å²) < 4.78 is 19.0. The first-order chi connectivity index (χ1) is 13.0. The smallest absolute Gasteiger partial charge is 0.308 e. The van der Waals surface area contributed by atoms with Crippen molar-refractivity contribution in [2.75, 3.05) is 12.4 Å². The highest BCUT2D eigenvalue weighted by molar-refractivity contribution is 7.14. The second kappa shape index (κ2) is 8.95. The summed E-state index contributed by atoms with van der Waals surface area (Å²) in [7, 11) is 0. The lowest BCUT2D eigenvalue weighted by Gasteiger charge is -2.34. The number of ether oxygens (including phenoxy) is 1. The van der Waals surface area contributed by atoms with E-state index in [1.54, 1.807) is 12.1 Å². The summed E-state index contributed by atoms with van der Waals surface area (Å²) >= 11 is 7.22. The minimum atomic E-state index is -0.505. The van der Waals surface area contributed by atoms with Crippen LogP contribution in [-0.4, -0.2) is 29.1 Å². The fourth-order valence-corrected chi connectivity index (χ4v) is 4.58. The molecule has 27 heavy (non-hydrogen) atoms. The van der Waals surface area contributed by atoms with Gasteiger partial charge in [-0.05, 0) is 42.2 Å². The van der Waals surface area contributed by atoms with Crippen LogP contribution in [0.25, 0.3) is 0 Å². The number of fused-ring (bicyclic) bond motifs is 1. The van der Waals surface area contributed by atoms with E-state index in [4.69, 9.17) is 16.3 Å². The molecule has 0 aliphatic carbocycles. The van der Waals surface area contributed by atoms with Crippen LogP contribution in [-0.2, 0) is 22.6 Å². The number of carbonyl (C=O) groups is 2. The first kappa shape index (κ1) is 20.0. The lowest BCUT2D eigenvalue weighted by Crippen LogP contribution is -2.37. The Kier molecular flexibility index (Phi) is 6.63. The molecule has 1 aromatic carbocycles. The van der Waals surface area contributed by atoms with Gasteiger partial charge in [0.2, 0.25) is 0 Å². The number of carbonyl (C=O) groups excluding carboxylic acids is 2. The maximum atomic E-state index is 13.8. The maximum Gasteiger partial charge on any atom is 0.308 e. The molecule has 0 amide bonds. The zero-order valence-electron chi connectivity index (χ0n) is 15.0. The van der Waals surface area contributed by atoms with Crippen LogP contribution in [0.1, 0.15) is 41.8 Å². The molecule has 4 nitrogen and oxygen atoms in total. The maximum absolute atomic E-state index is 13.8. The first-order valence-corrected chi connectivity index (χ1v) is 10.2. The predicted octanol–water partition coefficient (Wildman–Crippen LogP) is 4.50. The molecular weight excluding hydrogens is 389 g/mol. The fourth-order valence-electron chi connectivity index (χ4n) is 3.39. The molecule has 0 bridgehead atoms. The normalized spacial score (nSPS) is 15.2. The third-order valence-electron chi connectivity index (χ3n) is 4.51. The zero-order valence-corrected chi connectivity index (χ0v) is 16.6. The second-order valence-corrected chi connectivity index (χ2v) is 8.02. The molecule has 0 N–H and O–H groups in total. The van der Waals surface area contributed by atoms with E-state index >= 15 is 0 Å². The average Bonchev–Trinajstić information content (AvgIpc) is 3.01. The fraction of sp³-hybridized carbons (Fsp3) is 0.400. The molecule has 1 aliphatic heterocycles. The molecule has 0 saturated carbocycles. The van der Waals surface area contributed by atoms with Crippen molar-refractivity contribution in [2.45, 2.75) is 38.8 Å². The Bertz CT molecular complexity index is 838. The van der Waals surface area contributed by atoms with Crippen LogP contribution < -0.4 is 4.74 Å². The summed E-state index contributed by atoms with van der Waals surface area (Å²) in [5.74, 6) is -0.241. The van der Waals surface area contributed by atoms with Gasteiger partial charge in [0.15, 0.2) is 10.8 Å². The molecule has 0 unspecified atom stereocenters. The lowest BCUT2D eigenvalue weighted by atomic mass is 9.95. The van der Waals surface area contributed by atoms with E-state index in [0.717, 1.165) is 16.9 Å². The number of nitrogens with zero attached hydrogens (tertiary/aromatic N) is 1.